The molecule has 0 spiro atoms. The van der Waals surface area contributed by atoms with E-state index in [1.54, 1.807) is 0 Å². The highest BCUT2D eigenvalue weighted by atomic mass is 32.2. The number of piperidine rings is 1. The van der Waals surface area contributed by atoms with Crippen LogP contribution in [0.15, 0.2) is 5.03 Å². The minimum Gasteiger partial charge on any atom is -0.300 e. The number of hydrogen-bond donors (Lipinski definition) is 0. The van der Waals surface area contributed by atoms with Gasteiger partial charge in [0.05, 0.1) is 17.4 Å². The summed E-state index contributed by atoms with van der Waals surface area (Å²) >= 11 is 3.36. The van der Waals surface area contributed by atoms with E-state index in [0.29, 0.717) is 5.92 Å². The lowest BCUT2D eigenvalue weighted by Gasteiger charge is -2.28. The Morgan fingerprint density at radius 2 is 2.10 bits per heavy atom. The molecule has 2 aliphatic rings. The Labute approximate surface area is 137 Å². The summed E-state index contributed by atoms with van der Waals surface area (Å²) in [6.07, 6.45) is 8.07. The number of hydrogen-bond acceptors (Lipinski definition) is 5. The molecule has 3 heterocycles. The van der Waals surface area contributed by atoms with Crippen molar-refractivity contribution in [2.24, 2.45) is 5.92 Å². The standard InChI is InChI=1S/C16H27N3S2/c1-3-4-5-6-9-20-16-15(17-21-18-16)14-11-19-10-13(14)8-7-12(19)2/h12-14H,3-11H2,1-2H3. The van der Waals surface area contributed by atoms with E-state index in [2.05, 4.69) is 27.5 Å². The van der Waals surface area contributed by atoms with Crippen molar-refractivity contribution in [2.75, 3.05) is 18.8 Å². The highest BCUT2D eigenvalue weighted by Gasteiger charge is 2.41. The third kappa shape index (κ3) is 3.62. The number of aromatic nitrogens is 2. The van der Waals surface area contributed by atoms with E-state index in [1.165, 1.54) is 79.8 Å². The van der Waals surface area contributed by atoms with Crippen molar-refractivity contribution in [3.05, 3.63) is 5.69 Å². The maximum absolute atomic E-state index is 4.68. The molecule has 118 valence electrons. The van der Waals surface area contributed by atoms with Gasteiger partial charge in [-0.2, -0.15) is 8.75 Å². The second kappa shape index (κ2) is 7.42. The first-order chi connectivity index (χ1) is 10.3. The van der Waals surface area contributed by atoms with Crippen LogP contribution in [0.1, 0.15) is 64.0 Å². The van der Waals surface area contributed by atoms with Crippen molar-refractivity contribution in [2.45, 2.75) is 69.4 Å². The molecule has 4 atom stereocenters. The van der Waals surface area contributed by atoms with Gasteiger partial charge < -0.3 is 0 Å². The first-order valence-electron chi connectivity index (χ1n) is 8.49. The van der Waals surface area contributed by atoms with Gasteiger partial charge in [0.2, 0.25) is 0 Å². The maximum atomic E-state index is 4.68. The van der Waals surface area contributed by atoms with Gasteiger partial charge in [-0.15, -0.1) is 11.8 Å². The molecule has 3 rings (SSSR count). The van der Waals surface area contributed by atoms with Crippen LogP contribution in [0.2, 0.25) is 0 Å². The summed E-state index contributed by atoms with van der Waals surface area (Å²) in [4.78, 5) is 2.66. The van der Waals surface area contributed by atoms with Gasteiger partial charge in [0, 0.05) is 25.0 Å². The van der Waals surface area contributed by atoms with Gasteiger partial charge in [0.15, 0.2) is 0 Å². The fourth-order valence-corrected chi connectivity index (χ4v) is 5.49. The lowest BCUT2D eigenvalue weighted by molar-refractivity contribution is 0.195. The van der Waals surface area contributed by atoms with Crippen molar-refractivity contribution in [3.8, 4) is 0 Å². The van der Waals surface area contributed by atoms with E-state index in [9.17, 15) is 0 Å². The molecule has 1 aromatic heterocycles. The predicted octanol–water partition coefficient (Wildman–Crippen LogP) is 4.41. The van der Waals surface area contributed by atoms with Gasteiger partial charge in [-0.25, -0.2) is 0 Å². The minimum absolute atomic E-state index is 0.645. The molecule has 2 saturated heterocycles. The van der Waals surface area contributed by atoms with Crippen LogP contribution in [0, 0.1) is 5.92 Å². The number of thioether (sulfide) groups is 1. The summed E-state index contributed by atoms with van der Waals surface area (Å²) < 4.78 is 9.27. The largest absolute Gasteiger partial charge is 0.300 e. The maximum Gasteiger partial charge on any atom is 0.134 e. The van der Waals surface area contributed by atoms with E-state index < -0.39 is 0 Å². The van der Waals surface area contributed by atoms with Crippen LogP contribution in [0.25, 0.3) is 0 Å². The first-order valence-corrected chi connectivity index (χ1v) is 10.2. The fourth-order valence-electron chi connectivity index (χ4n) is 3.72. The van der Waals surface area contributed by atoms with Crippen LogP contribution in [-0.2, 0) is 0 Å². The molecule has 3 nitrogen and oxygen atoms in total. The Bertz CT molecular complexity index is 448. The van der Waals surface area contributed by atoms with Crippen molar-refractivity contribution in [1.82, 2.24) is 13.6 Å². The van der Waals surface area contributed by atoms with E-state index in [4.69, 9.17) is 0 Å². The summed E-state index contributed by atoms with van der Waals surface area (Å²) in [5, 5.41) is 1.24. The smallest absolute Gasteiger partial charge is 0.134 e. The SMILES string of the molecule is CCCCCCSc1nsnc1C1CN2CC1CCC2C. The fraction of sp³-hybridized carbons (Fsp3) is 0.875. The van der Waals surface area contributed by atoms with E-state index in [0.717, 1.165) is 12.0 Å². The number of nitrogens with zero attached hydrogens (tertiary/aromatic N) is 3. The Morgan fingerprint density at radius 3 is 2.90 bits per heavy atom. The summed E-state index contributed by atoms with van der Waals surface area (Å²) in [6, 6.07) is 0.767. The minimum atomic E-state index is 0.645. The molecule has 0 aromatic carbocycles. The second-order valence-electron chi connectivity index (χ2n) is 6.61. The van der Waals surface area contributed by atoms with Gasteiger partial charge in [-0.1, -0.05) is 26.2 Å². The van der Waals surface area contributed by atoms with Gasteiger partial charge in [-0.3, -0.25) is 4.90 Å². The van der Waals surface area contributed by atoms with Gasteiger partial charge in [-0.05, 0) is 37.9 Å². The van der Waals surface area contributed by atoms with Crippen LogP contribution in [-0.4, -0.2) is 38.5 Å². The molecule has 2 aliphatic heterocycles. The van der Waals surface area contributed by atoms with Gasteiger partial charge >= 0.3 is 0 Å². The molecule has 1 aromatic rings. The Kier molecular flexibility index (Phi) is 5.57. The van der Waals surface area contributed by atoms with Crippen molar-refractivity contribution >= 4 is 23.5 Å². The van der Waals surface area contributed by atoms with Crippen molar-refractivity contribution in [3.63, 3.8) is 0 Å². The first kappa shape index (κ1) is 15.8. The Hall–Kier alpha value is -0.130. The highest BCUT2D eigenvalue weighted by Crippen LogP contribution is 2.43. The molecule has 0 aliphatic carbocycles. The number of fused-ring (bicyclic) bond motifs is 2. The molecule has 0 N–H and O–H groups in total. The summed E-state index contributed by atoms with van der Waals surface area (Å²) in [5.41, 5.74) is 1.32. The summed E-state index contributed by atoms with van der Waals surface area (Å²) in [5.74, 6) is 2.67. The van der Waals surface area contributed by atoms with E-state index in [1.807, 2.05) is 11.8 Å². The molecule has 0 saturated carbocycles. The van der Waals surface area contributed by atoms with Crippen LogP contribution < -0.4 is 0 Å². The van der Waals surface area contributed by atoms with Crippen LogP contribution >= 0.6 is 23.5 Å². The van der Waals surface area contributed by atoms with E-state index in [-0.39, 0.29) is 0 Å². The zero-order valence-electron chi connectivity index (χ0n) is 13.3. The number of unbranched alkanes of at least 4 members (excludes halogenated alkanes) is 3. The zero-order valence-corrected chi connectivity index (χ0v) is 14.9. The molecule has 0 radical (unpaired) electrons. The average Bonchev–Trinajstić information content (AvgIpc) is 3.07. The molecule has 2 bridgehead atoms. The van der Waals surface area contributed by atoms with Crippen LogP contribution in [0.3, 0.4) is 0 Å². The van der Waals surface area contributed by atoms with Crippen molar-refractivity contribution in [1.29, 1.82) is 0 Å². The Morgan fingerprint density at radius 1 is 1.19 bits per heavy atom. The molecule has 21 heavy (non-hydrogen) atoms. The Balaban J connectivity index is 1.58. The van der Waals surface area contributed by atoms with Gasteiger partial charge in [0.1, 0.15) is 5.03 Å². The summed E-state index contributed by atoms with van der Waals surface area (Å²) in [6.45, 7) is 7.13. The topological polar surface area (TPSA) is 29.0 Å². The number of rotatable bonds is 7. The molecule has 2 fully saturated rings. The van der Waals surface area contributed by atoms with Crippen LogP contribution in [0.4, 0.5) is 0 Å². The lowest BCUT2D eigenvalue weighted by Crippen LogP contribution is -2.34. The lowest BCUT2D eigenvalue weighted by atomic mass is 9.88. The normalized spacial score (nSPS) is 31.7. The monoisotopic (exact) mass is 325 g/mol. The molecule has 4 unspecified atom stereocenters. The zero-order chi connectivity index (χ0) is 14.7. The molecular weight excluding hydrogens is 298 g/mol. The quantitative estimate of drug-likeness (QED) is 0.548. The predicted molar refractivity (Wildman–Crippen MR) is 91.3 cm³/mol. The molecule has 5 heteroatoms. The van der Waals surface area contributed by atoms with Crippen molar-refractivity contribution < 1.29 is 0 Å². The van der Waals surface area contributed by atoms with E-state index >= 15 is 0 Å². The van der Waals surface area contributed by atoms with Crippen LogP contribution in [0.5, 0.6) is 0 Å². The third-order valence-corrected chi connectivity index (χ3v) is 6.84. The summed E-state index contributed by atoms with van der Waals surface area (Å²) in [7, 11) is 0. The molecule has 0 amide bonds. The molecular formula is C16H27N3S2. The average molecular weight is 326 g/mol. The third-order valence-electron chi connectivity index (χ3n) is 5.12. The highest BCUT2D eigenvalue weighted by molar-refractivity contribution is 7.99. The second-order valence-corrected chi connectivity index (χ2v) is 8.22. The van der Waals surface area contributed by atoms with Gasteiger partial charge in [0.25, 0.3) is 0 Å².